The molecule has 0 saturated carbocycles. The van der Waals surface area contributed by atoms with Crippen LogP contribution in [0.25, 0.3) is 0 Å². The quantitative estimate of drug-likeness (QED) is 0.857. The van der Waals surface area contributed by atoms with Crippen LogP contribution in [-0.4, -0.2) is 53.1 Å². The number of imidazole rings is 1. The molecule has 2 saturated heterocycles. The summed E-state index contributed by atoms with van der Waals surface area (Å²) >= 11 is 6.26. The Morgan fingerprint density at radius 1 is 1.41 bits per heavy atom. The van der Waals surface area contributed by atoms with E-state index in [1.165, 1.54) is 0 Å². The molecule has 2 bridgehead atoms. The Labute approximate surface area is 135 Å². The smallest absolute Gasteiger partial charge is 0.227 e. The second-order valence-electron chi connectivity index (χ2n) is 6.19. The molecule has 2 aliphatic rings. The zero-order valence-electron chi connectivity index (χ0n) is 12.9. The van der Waals surface area contributed by atoms with Crippen molar-refractivity contribution in [2.75, 3.05) is 26.3 Å². The van der Waals surface area contributed by atoms with Crippen LogP contribution in [0.1, 0.15) is 31.3 Å². The normalized spacial score (nSPS) is 25.8. The highest BCUT2D eigenvalue weighted by molar-refractivity contribution is 6.30. The molecule has 6 nitrogen and oxygen atoms in total. The summed E-state index contributed by atoms with van der Waals surface area (Å²) in [4.78, 5) is 22.0. The highest BCUT2D eigenvalue weighted by Crippen LogP contribution is 2.20. The molecule has 2 atom stereocenters. The third-order valence-electron chi connectivity index (χ3n) is 4.24. The van der Waals surface area contributed by atoms with Crippen molar-refractivity contribution in [1.29, 1.82) is 0 Å². The largest absolute Gasteiger partial charge is 0.378 e. The second-order valence-corrected chi connectivity index (χ2v) is 6.55. The van der Waals surface area contributed by atoms with Crippen LogP contribution in [0.3, 0.4) is 0 Å². The molecule has 3 rings (SSSR count). The van der Waals surface area contributed by atoms with Gasteiger partial charge < -0.3 is 15.0 Å². The van der Waals surface area contributed by atoms with Crippen LogP contribution in [-0.2, 0) is 22.5 Å². The van der Waals surface area contributed by atoms with Gasteiger partial charge >= 0.3 is 0 Å². The zero-order valence-corrected chi connectivity index (χ0v) is 13.7. The fourth-order valence-corrected chi connectivity index (χ4v) is 3.29. The molecule has 22 heavy (non-hydrogen) atoms. The van der Waals surface area contributed by atoms with Crippen LogP contribution in [0.4, 0.5) is 0 Å². The maximum Gasteiger partial charge on any atom is 0.227 e. The summed E-state index contributed by atoms with van der Waals surface area (Å²) in [6, 6.07) is 0.0567. The molecule has 2 aliphatic heterocycles. The number of carbonyl (C=O) groups is 1. The fraction of sp³-hybridized carbons (Fsp3) is 0.733. The van der Waals surface area contributed by atoms with E-state index in [1.54, 1.807) is 0 Å². The summed E-state index contributed by atoms with van der Waals surface area (Å²) in [5.41, 5.74) is 0.945. The molecule has 0 radical (unpaired) electrons. The molecular weight excluding hydrogens is 304 g/mol. The number of hydrogen-bond donors (Lipinski definition) is 2. The van der Waals surface area contributed by atoms with Crippen LogP contribution >= 0.6 is 11.6 Å². The Hall–Kier alpha value is -1.11. The first-order valence-electron chi connectivity index (χ1n) is 7.99. The topological polar surface area (TPSA) is 70.2 Å². The molecule has 0 aromatic carbocycles. The lowest BCUT2D eigenvalue weighted by molar-refractivity contribution is -0.125. The second kappa shape index (κ2) is 6.98. The Morgan fingerprint density at radius 2 is 2.27 bits per heavy atom. The van der Waals surface area contributed by atoms with Crippen molar-refractivity contribution < 1.29 is 9.53 Å². The summed E-state index contributed by atoms with van der Waals surface area (Å²) < 4.78 is 5.55. The van der Waals surface area contributed by atoms with Crippen molar-refractivity contribution in [3.8, 4) is 0 Å². The minimum Gasteiger partial charge on any atom is -0.378 e. The van der Waals surface area contributed by atoms with Gasteiger partial charge in [0.1, 0.15) is 5.82 Å². The maximum absolute atomic E-state index is 12.0. The lowest BCUT2D eigenvalue weighted by Gasteiger charge is -2.26. The van der Waals surface area contributed by atoms with Crippen LogP contribution < -0.4 is 5.32 Å². The van der Waals surface area contributed by atoms with Gasteiger partial charge in [0.15, 0.2) is 5.15 Å². The van der Waals surface area contributed by atoms with Gasteiger partial charge in [-0.2, -0.15) is 0 Å². The molecule has 1 amide bonds. The van der Waals surface area contributed by atoms with Gasteiger partial charge in [0.25, 0.3) is 0 Å². The van der Waals surface area contributed by atoms with E-state index >= 15 is 0 Å². The van der Waals surface area contributed by atoms with Gasteiger partial charge in [-0.05, 0) is 6.42 Å². The van der Waals surface area contributed by atoms with E-state index in [1.807, 2.05) is 0 Å². The number of hydrogen-bond acceptors (Lipinski definition) is 4. The van der Waals surface area contributed by atoms with Gasteiger partial charge in [-0.3, -0.25) is 9.69 Å². The number of aryl methyl sites for hydroxylation is 1. The maximum atomic E-state index is 12.0. The van der Waals surface area contributed by atoms with Gasteiger partial charge in [0.2, 0.25) is 5.91 Å². The summed E-state index contributed by atoms with van der Waals surface area (Å²) in [5.74, 6) is 0.951. The molecule has 3 heterocycles. The molecule has 1 aromatic heterocycles. The van der Waals surface area contributed by atoms with E-state index in [4.69, 9.17) is 16.3 Å². The third kappa shape index (κ3) is 3.62. The lowest BCUT2D eigenvalue weighted by atomic mass is 10.1. The van der Waals surface area contributed by atoms with E-state index in [2.05, 4.69) is 27.1 Å². The number of unbranched alkanes of at least 4 members (excludes halogenated alkanes) is 1. The van der Waals surface area contributed by atoms with E-state index in [-0.39, 0.29) is 17.9 Å². The molecular formula is C15H23ClN4O2. The summed E-state index contributed by atoms with van der Waals surface area (Å²) in [7, 11) is 0. The van der Waals surface area contributed by atoms with Gasteiger partial charge in [-0.15, -0.1) is 0 Å². The van der Waals surface area contributed by atoms with E-state index in [0.717, 1.165) is 37.3 Å². The Balaban J connectivity index is 1.67. The number of halogens is 1. The first-order valence-corrected chi connectivity index (χ1v) is 8.37. The third-order valence-corrected chi connectivity index (χ3v) is 4.55. The summed E-state index contributed by atoms with van der Waals surface area (Å²) in [5, 5.41) is 3.59. The number of aromatic nitrogens is 2. The van der Waals surface area contributed by atoms with E-state index in [9.17, 15) is 4.79 Å². The molecule has 122 valence electrons. The first kappa shape index (κ1) is 15.8. The minimum atomic E-state index is -0.103. The van der Waals surface area contributed by atoms with Crippen molar-refractivity contribution in [2.24, 2.45) is 5.92 Å². The van der Waals surface area contributed by atoms with Crippen LogP contribution in [0.2, 0.25) is 5.15 Å². The average molecular weight is 327 g/mol. The van der Waals surface area contributed by atoms with Crippen molar-refractivity contribution in [2.45, 2.75) is 38.8 Å². The van der Waals surface area contributed by atoms with Gasteiger partial charge in [-0.25, -0.2) is 4.98 Å². The Bertz CT molecular complexity index is 534. The number of nitrogens with one attached hydrogen (secondary N) is 2. The first-order chi connectivity index (χ1) is 10.7. The van der Waals surface area contributed by atoms with Gasteiger partial charge in [-0.1, -0.05) is 24.9 Å². The van der Waals surface area contributed by atoms with Crippen LogP contribution in [0.15, 0.2) is 0 Å². The molecule has 0 aliphatic carbocycles. The average Bonchev–Trinajstić information content (AvgIpc) is 2.62. The molecule has 1 aromatic rings. The predicted octanol–water partition coefficient (Wildman–Crippen LogP) is 1.35. The molecule has 0 spiro atoms. The molecule has 2 N–H and O–H groups in total. The predicted molar refractivity (Wildman–Crippen MR) is 83.7 cm³/mol. The van der Waals surface area contributed by atoms with Crippen LogP contribution in [0.5, 0.6) is 0 Å². The number of fused-ring (bicyclic) bond motifs is 3. The Kier molecular flexibility index (Phi) is 5.00. The minimum absolute atomic E-state index is 0.0567. The SMILES string of the molecule is CCCCc1nc(Cl)c(CN2C[C@H]3COC[C@@H](C2)C(=O)N3)[nH]1. The highest BCUT2D eigenvalue weighted by Gasteiger charge is 2.33. The fourth-order valence-electron chi connectivity index (χ4n) is 3.08. The summed E-state index contributed by atoms with van der Waals surface area (Å²) in [6.07, 6.45) is 3.17. The van der Waals surface area contributed by atoms with Crippen molar-refractivity contribution >= 4 is 17.5 Å². The summed E-state index contributed by atoms with van der Waals surface area (Å²) in [6.45, 7) is 5.41. The van der Waals surface area contributed by atoms with Gasteiger partial charge in [0.05, 0.1) is 30.9 Å². The molecule has 2 fully saturated rings. The monoisotopic (exact) mass is 326 g/mol. The zero-order chi connectivity index (χ0) is 15.5. The van der Waals surface area contributed by atoms with Crippen LogP contribution in [0, 0.1) is 5.92 Å². The highest BCUT2D eigenvalue weighted by atomic mass is 35.5. The number of nitrogens with zero attached hydrogens (tertiary/aromatic N) is 2. The lowest BCUT2D eigenvalue weighted by Crippen LogP contribution is -2.41. The van der Waals surface area contributed by atoms with Gasteiger partial charge in [0, 0.05) is 26.1 Å². The number of rotatable bonds is 5. The number of amides is 1. The molecule has 0 unspecified atom stereocenters. The number of carbonyl (C=O) groups excluding carboxylic acids is 1. The standard InChI is InChI=1S/C15H23ClN4O2/c1-2-3-4-13-18-12(14(16)19-13)7-20-5-10-8-22-9-11(6-20)17-15(10)21/h10-11H,2-9H2,1H3,(H,17,21)(H,18,19)/t10-,11+/m1/s1. The van der Waals surface area contributed by atoms with Crippen molar-refractivity contribution in [1.82, 2.24) is 20.2 Å². The Morgan fingerprint density at radius 3 is 3.09 bits per heavy atom. The van der Waals surface area contributed by atoms with E-state index < -0.39 is 0 Å². The van der Waals surface area contributed by atoms with Crippen molar-refractivity contribution in [3.63, 3.8) is 0 Å². The molecule has 7 heteroatoms. The number of aromatic amines is 1. The number of H-pyrrole nitrogens is 1. The number of ether oxygens (including phenoxy) is 1. The van der Waals surface area contributed by atoms with Crippen molar-refractivity contribution in [3.05, 3.63) is 16.7 Å². The van der Waals surface area contributed by atoms with E-state index in [0.29, 0.717) is 31.5 Å².